The van der Waals surface area contributed by atoms with E-state index >= 15 is 0 Å². The van der Waals surface area contributed by atoms with E-state index in [-0.39, 0.29) is 18.1 Å². The minimum absolute atomic E-state index is 0.00459. The molecule has 3 N–H and O–H groups in total. The summed E-state index contributed by atoms with van der Waals surface area (Å²) >= 11 is 6.45. The molecule has 0 aliphatic rings. The first-order valence-corrected chi connectivity index (χ1v) is 11.1. The fourth-order valence-corrected chi connectivity index (χ4v) is 3.79. The molecule has 5 aromatic rings. The lowest BCUT2D eigenvalue weighted by Gasteiger charge is -2.13. The Morgan fingerprint density at radius 2 is 2.00 bits per heavy atom. The maximum absolute atomic E-state index is 12.6. The van der Waals surface area contributed by atoms with Crippen LogP contribution in [-0.4, -0.2) is 45.9 Å². The number of hydrogen-bond donors (Lipinski definition) is 3. The number of carbonyl (C=O) groups excluding carboxylic acids is 1. The number of aryl methyl sites for hydroxylation is 2. The lowest BCUT2D eigenvalue weighted by Crippen LogP contribution is -2.29. The van der Waals surface area contributed by atoms with Crippen LogP contribution in [0.25, 0.3) is 33.5 Å². The van der Waals surface area contributed by atoms with Crippen molar-refractivity contribution < 1.29 is 4.79 Å². The summed E-state index contributed by atoms with van der Waals surface area (Å²) in [6, 6.07) is 6.76. The second-order valence-electron chi connectivity index (χ2n) is 7.84. The minimum atomic E-state index is -0.566. The molecule has 0 aliphatic carbocycles. The zero-order chi connectivity index (χ0) is 25.2. The van der Waals surface area contributed by atoms with Crippen molar-refractivity contribution in [2.75, 3.05) is 5.32 Å². The molecule has 0 saturated heterocycles. The lowest BCUT2D eigenvalue weighted by atomic mass is 10.1. The molecule has 0 aliphatic heterocycles. The Labute approximate surface area is 209 Å². The van der Waals surface area contributed by atoms with Gasteiger partial charge in [0.1, 0.15) is 29.0 Å². The quantitative estimate of drug-likeness (QED) is 0.331. The van der Waals surface area contributed by atoms with Gasteiger partial charge in [-0.2, -0.15) is 15.5 Å². The summed E-state index contributed by atoms with van der Waals surface area (Å²) < 4.78 is 1.62. The average molecular weight is 500 g/mol. The number of rotatable bonds is 5. The number of urea groups is 1. The second-order valence-corrected chi connectivity index (χ2v) is 8.25. The number of benzene rings is 1. The van der Waals surface area contributed by atoms with E-state index in [1.165, 1.54) is 0 Å². The summed E-state index contributed by atoms with van der Waals surface area (Å²) in [5.41, 5.74) is 3.22. The van der Waals surface area contributed by atoms with Crippen LogP contribution in [0.5, 0.6) is 0 Å². The third-order valence-electron chi connectivity index (χ3n) is 5.25. The highest BCUT2D eigenvalue weighted by Crippen LogP contribution is 2.34. The van der Waals surface area contributed by atoms with Gasteiger partial charge >= 0.3 is 6.03 Å². The molecule has 4 heterocycles. The molecule has 0 radical (unpaired) electrons. The molecule has 0 fully saturated rings. The summed E-state index contributed by atoms with van der Waals surface area (Å²) in [7, 11) is 1.77. The Morgan fingerprint density at radius 3 is 2.72 bits per heavy atom. The van der Waals surface area contributed by atoms with Gasteiger partial charge in [0.15, 0.2) is 11.5 Å². The van der Waals surface area contributed by atoms with Gasteiger partial charge in [0.25, 0.3) is 0 Å². The lowest BCUT2D eigenvalue weighted by molar-refractivity contribution is 0.251. The van der Waals surface area contributed by atoms with E-state index in [0.717, 1.165) is 10.9 Å². The maximum atomic E-state index is 12.6. The summed E-state index contributed by atoms with van der Waals surface area (Å²) in [5.74, 6) is 0.627. The van der Waals surface area contributed by atoms with Gasteiger partial charge in [0.05, 0.1) is 16.7 Å². The van der Waals surface area contributed by atoms with Crippen molar-refractivity contribution in [2.24, 2.45) is 7.05 Å². The Balaban J connectivity index is 1.52. The van der Waals surface area contributed by atoms with Crippen LogP contribution in [0.3, 0.4) is 0 Å². The summed E-state index contributed by atoms with van der Waals surface area (Å²) in [4.78, 5) is 29.9. The number of halogens is 1. The highest BCUT2D eigenvalue weighted by Gasteiger charge is 2.21. The number of nitrogens with zero attached hydrogens (tertiary/aromatic N) is 8. The minimum Gasteiger partial charge on any atom is -0.334 e. The topological polar surface area (TPSA) is 163 Å². The van der Waals surface area contributed by atoms with Crippen LogP contribution in [0.15, 0.2) is 43.0 Å². The molecule has 0 unspecified atom stereocenters. The fraction of sp³-hybridized carbons (Fsp3) is 0.130. The van der Waals surface area contributed by atoms with Crippen molar-refractivity contribution in [3.05, 3.63) is 65.1 Å². The molecule has 0 bridgehead atoms. The van der Waals surface area contributed by atoms with Crippen LogP contribution in [-0.2, 0) is 13.6 Å². The SMILES string of the molecule is Cc1ncc(CNC(=O)Nc2nc(-c3ccn(C)n3)c(-c3cc(Cl)c4[nH]ncc4c3)nc2C#N)cn1. The van der Waals surface area contributed by atoms with E-state index in [9.17, 15) is 10.1 Å². The molecule has 36 heavy (non-hydrogen) atoms. The van der Waals surface area contributed by atoms with Gasteiger partial charge in [-0.3, -0.25) is 15.1 Å². The van der Waals surface area contributed by atoms with Gasteiger partial charge < -0.3 is 5.32 Å². The van der Waals surface area contributed by atoms with Gasteiger partial charge in [0.2, 0.25) is 0 Å². The molecular weight excluding hydrogens is 482 g/mol. The molecule has 0 spiro atoms. The van der Waals surface area contributed by atoms with Gasteiger partial charge in [-0.05, 0) is 25.1 Å². The first-order valence-electron chi connectivity index (χ1n) is 10.7. The number of aromatic amines is 1. The first-order chi connectivity index (χ1) is 17.4. The molecule has 13 heteroatoms. The normalized spacial score (nSPS) is 10.8. The van der Waals surface area contributed by atoms with E-state index in [1.54, 1.807) is 55.6 Å². The van der Waals surface area contributed by atoms with Crippen LogP contribution >= 0.6 is 11.6 Å². The summed E-state index contributed by atoms with van der Waals surface area (Å²) in [5, 5.41) is 27.6. The number of carbonyl (C=O) groups is 1. The Morgan fingerprint density at radius 1 is 1.19 bits per heavy atom. The van der Waals surface area contributed by atoms with Gasteiger partial charge in [-0.15, -0.1) is 0 Å². The molecule has 178 valence electrons. The molecule has 0 atom stereocenters. The molecule has 0 saturated carbocycles. The molecule has 5 rings (SSSR count). The number of aromatic nitrogens is 8. The smallest absolute Gasteiger partial charge is 0.320 e. The van der Waals surface area contributed by atoms with E-state index < -0.39 is 6.03 Å². The number of nitrogens with one attached hydrogen (secondary N) is 3. The van der Waals surface area contributed by atoms with Crippen LogP contribution in [0.1, 0.15) is 17.1 Å². The molecule has 4 aromatic heterocycles. The van der Waals surface area contributed by atoms with Crippen molar-refractivity contribution in [2.45, 2.75) is 13.5 Å². The van der Waals surface area contributed by atoms with Gasteiger partial charge in [-0.25, -0.2) is 24.7 Å². The number of H-pyrrole nitrogens is 1. The van der Waals surface area contributed by atoms with Crippen LogP contribution in [0.2, 0.25) is 5.02 Å². The third kappa shape index (κ3) is 4.55. The number of hydrogen-bond acceptors (Lipinski definition) is 8. The zero-order valence-corrected chi connectivity index (χ0v) is 19.9. The van der Waals surface area contributed by atoms with Gasteiger partial charge in [0, 0.05) is 48.7 Å². The molecule has 1 aromatic carbocycles. The fourth-order valence-electron chi connectivity index (χ4n) is 3.52. The van der Waals surface area contributed by atoms with Crippen LogP contribution in [0.4, 0.5) is 10.6 Å². The average Bonchev–Trinajstić information content (AvgIpc) is 3.52. The number of fused-ring (bicyclic) bond motifs is 1. The Hall–Kier alpha value is -4.89. The van der Waals surface area contributed by atoms with E-state index in [4.69, 9.17) is 11.6 Å². The van der Waals surface area contributed by atoms with Crippen molar-refractivity contribution >= 4 is 34.4 Å². The molecule has 12 nitrogen and oxygen atoms in total. The number of amides is 2. The highest BCUT2D eigenvalue weighted by atomic mass is 35.5. The van der Waals surface area contributed by atoms with E-state index in [2.05, 4.69) is 45.9 Å². The van der Waals surface area contributed by atoms with Gasteiger partial charge in [-0.1, -0.05) is 11.6 Å². The highest BCUT2D eigenvalue weighted by molar-refractivity contribution is 6.35. The largest absolute Gasteiger partial charge is 0.334 e. The molecular formula is C23H18ClN11O. The van der Waals surface area contributed by atoms with E-state index in [1.807, 2.05) is 12.1 Å². The third-order valence-corrected chi connectivity index (χ3v) is 5.55. The predicted molar refractivity (Wildman–Crippen MR) is 132 cm³/mol. The number of anilines is 1. The van der Waals surface area contributed by atoms with Crippen molar-refractivity contribution in [3.63, 3.8) is 0 Å². The summed E-state index contributed by atoms with van der Waals surface area (Å²) in [6.07, 6.45) is 6.65. The first kappa shape index (κ1) is 22.9. The monoisotopic (exact) mass is 499 g/mol. The van der Waals surface area contributed by atoms with Crippen LogP contribution in [0, 0.1) is 18.3 Å². The molecule has 2 amide bonds. The Bertz CT molecular complexity index is 1630. The van der Waals surface area contributed by atoms with E-state index in [0.29, 0.717) is 39.0 Å². The standard InChI is InChI=1S/C23H18ClN11O/c1-12-26-8-13(9-27-12)10-28-23(36)32-22-18(7-25)30-20(21(31-22)17-3-4-35(2)34-17)14-5-15-11-29-33-19(15)16(24)6-14/h3-6,8-9,11H,10H2,1-2H3,(H,29,33)(H2,28,31,32,36). The van der Waals surface area contributed by atoms with Crippen molar-refractivity contribution in [3.8, 4) is 28.7 Å². The zero-order valence-electron chi connectivity index (χ0n) is 19.1. The van der Waals surface area contributed by atoms with Crippen molar-refractivity contribution in [1.29, 1.82) is 5.26 Å². The predicted octanol–water partition coefficient (Wildman–Crippen LogP) is 3.37. The summed E-state index contributed by atoms with van der Waals surface area (Å²) in [6.45, 7) is 1.96. The number of nitriles is 1. The second kappa shape index (κ2) is 9.40. The van der Waals surface area contributed by atoms with Crippen molar-refractivity contribution in [1.82, 2.24) is 45.2 Å². The maximum Gasteiger partial charge on any atom is 0.320 e. The van der Waals surface area contributed by atoms with Crippen LogP contribution < -0.4 is 10.6 Å². The Kier molecular flexibility index (Phi) is 5.97.